The van der Waals surface area contributed by atoms with Gasteiger partial charge in [-0.3, -0.25) is 14.8 Å². The van der Waals surface area contributed by atoms with E-state index in [1.807, 2.05) is 32.9 Å². The van der Waals surface area contributed by atoms with Gasteiger partial charge in [0.2, 0.25) is 5.91 Å². The number of nitrogens with zero attached hydrogens (tertiary/aromatic N) is 2. The lowest BCUT2D eigenvalue weighted by Crippen LogP contribution is -2.45. The zero-order valence-corrected chi connectivity index (χ0v) is 17.0. The molecule has 144 valence electrons. The van der Waals surface area contributed by atoms with Gasteiger partial charge in [-0.2, -0.15) is 0 Å². The molecule has 0 fully saturated rings. The fourth-order valence-electron chi connectivity index (χ4n) is 3.29. The predicted molar refractivity (Wildman–Crippen MR) is 109 cm³/mol. The van der Waals surface area contributed by atoms with Crippen LogP contribution in [0.5, 0.6) is 0 Å². The van der Waals surface area contributed by atoms with E-state index in [0.29, 0.717) is 6.54 Å². The van der Waals surface area contributed by atoms with Crippen molar-refractivity contribution in [2.24, 2.45) is 0 Å². The van der Waals surface area contributed by atoms with E-state index in [-0.39, 0.29) is 11.4 Å². The summed E-state index contributed by atoms with van der Waals surface area (Å²) in [5.74, 6) is 0.00917. The van der Waals surface area contributed by atoms with E-state index < -0.39 is 0 Å². The van der Waals surface area contributed by atoms with Gasteiger partial charge in [0.15, 0.2) is 0 Å². The molecule has 3 rings (SSSR count). The van der Waals surface area contributed by atoms with Crippen molar-refractivity contribution in [3.63, 3.8) is 0 Å². The summed E-state index contributed by atoms with van der Waals surface area (Å²) in [5.41, 5.74) is 4.92. The van der Waals surface area contributed by atoms with Crippen LogP contribution in [0, 0.1) is 0 Å². The molecule has 1 amide bonds. The Labute approximate surface area is 166 Å². The average molecular weight is 387 g/mol. The van der Waals surface area contributed by atoms with Crippen molar-refractivity contribution >= 4 is 17.5 Å². The molecule has 27 heavy (non-hydrogen) atoms. The SMILES string of the molecule is CC(C)(C)NC(=O)CNCCc1ccnc(-c2cc(Cl)c3c(n2)CCC3)c1. The Morgan fingerprint density at radius 1 is 1.22 bits per heavy atom. The highest BCUT2D eigenvalue weighted by atomic mass is 35.5. The molecule has 0 aliphatic heterocycles. The number of amides is 1. The number of pyridine rings is 2. The highest BCUT2D eigenvalue weighted by Crippen LogP contribution is 2.31. The maximum absolute atomic E-state index is 11.8. The van der Waals surface area contributed by atoms with E-state index in [1.165, 1.54) is 5.56 Å². The number of hydrogen-bond donors (Lipinski definition) is 2. The maximum atomic E-state index is 11.8. The molecule has 0 atom stereocenters. The van der Waals surface area contributed by atoms with Crippen molar-refractivity contribution in [1.82, 2.24) is 20.6 Å². The molecule has 6 heteroatoms. The average Bonchev–Trinajstić information content (AvgIpc) is 3.07. The van der Waals surface area contributed by atoms with Crippen LogP contribution in [0.3, 0.4) is 0 Å². The standard InChI is InChI=1S/C21H27ClN4O/c1-21(2,3)26-20(27)13-23-9-7-14-8-10-24-18(11-14)19-12-16(22)15-5-4-6-17(15)25-19/h8,10-12,23H,4-7,9,13H2,1-3H3,(H,26,27). The number of hydrogen-bond acceptors (Lipinski definition) is 4. The minimum Gasteiger partial charge on any atom is -0.350 e. The molecular weight excluding hydrogens is 360 g/mol. The van der Waals surface area contributed by atoms with Gasteiger partial charge in [0, 0.05) is 22.5 Å². The molecule has 2 aromatic heterocycles. The first-order valence-corrected chi connectivity index (χ1v) is 9.85. The topological polar surface area (TPSA) is 66.9 Å². The third kappa shape index (κ3) is 5.50. The summed E-state index contributed by atoms with van der Waals surface area (Å²) in [6.07, 6.45) is 5.75. The van der Waals surface area contributed by atoms with Crippen molar-refractivity contribution < 1.29 is 4.79 Å². The molecule has 5 nitrogen and oxygen atoms in total. The molecular formula is C21H27ClN4O. The number of fused-ring (bicyclic) bond motifs is 1. The summed E-state index contributed by atoms with van der Waals surface area (Å²) in [6.45, 7) is 6.96. The van der Waals surface area contributed by atoms with E-state index in [0.717, 1.165) is 59.9 Å². The Kier molecular flexibility index (Phi) is 6.12. The quantitative estimate of drug-likeness (QED) is 0.747. The second-order valence-corrected chi connectivity index (χ2v) is 8.45. The van der Waals surface area contributed by atoms with Crippen molar-refractivity contribution in [3.8, 4) is 11.4 Å². The summed E-state index contributed by atoms with van der Waals surface area (Å²) in [4.78, 5) is 21.1. The molecule has 1 aliphatic carbocycles. The van der Waals surface area contributed by atoms with E-state index >= 15 is 0 Å². The normalized spacial score (nSPS) is 13.5. The van der Waals surface area contributed by atoms with E-state index in [2.05, 4.69) is 21.7 Å². The largest absolute Gasteiger partial charge is 0.350 e. The Morgan fingerprint density at radius 3 is 2.81 bits per heavy atom. The van der Waals surface area contributed by atoms with Gasteiger partial charge >= 0.3 is 0 Å². The van der Waals surface area contributed by atoms with Gasteiger partial charge in [0.1, 0.15) is 0 Å². The molecule has 0 radical (unpaired) electrons. The molecule has 1 aliphatic rings. The van der Waals surface area contributed by atoms with Gasteiger partial charge in [0.25, 0.3) is 0 Å². The number of carbonyl (C=O) groups is 1. The lowest BCUT2D eigenvalue weighted by atomic mass is 10.1. The first-order chi connectivity index (χ1) is 12.8. The summed E-state index contributed by atoms with van der Waals surface area (Å²) >= 11 is 6.43. The monoisotopic (exact) mass is 386 g/mol. The molecule has 2 heterocycles. The predicted octanol–water partition coefficient (Wildman–Crippen LogP) is 3.33. The van der Waals surface area contributed by atoms with Crippen molar-refractivity contribution in [2.75, 3.05) is 13.1 Å². The second-order valence-electron chi connectivity index (χ2n) is 8.04. The molecule has 0 unspecified atom stereocenters. The van der Waals surface area contributed by atoms with Gasteiger partial charge in [0.05, 0.1) is 17.9 Å². The van der Waals surface area contributed by atoms with Crippen LogP contribution < -0.4 is 10.6 Å². The van der Waals surface area contributed by atoms with Crippen LogP contribution in [0.4, 0.5) is 0 Å². The highest BCUT2D eigenvalue weighted by Gasteiger charge is 2.18. The van der Waals surface area contributed by atoms with Gasteiger partial charge < -0.3 is 10.6 Å². The second kappa shape index (κ2) is 8.36. The summed E-state index contributed by atoms with van der Waals surface area (Å²) in [5, 5.41) is 6.93. The third-order valence-electron chi connectivity index (χ3n) is 4.47. The zero-order valence-electron chi connectivity index (χ0n) is 16.2. The van der Waals surface area contributed by atoms with Crippen molar-refractivity contribution in [2.45, 2.75) is 52.0 Å². The van der Waals surface area contributed by atoms with Crippen LogP contribution in [0.1, 0.15) is 44.0 Å². The van der Waals surface area contributed by atoms with Gasteiger partial charge in [-0.15, -0.1) is 0 Å². The number of aromatic nitrogens is 2. The number of carbonyl (C=O) groups excluding carboxylic acids is 1. The number of nitrogens with one attached hydrogen (secondary N) is 2. The van der Waals surface area contributed by atoms with Gasteiger partial charge in [-0.05, 0) is 82.3 Å². The molecule has 0 bridgehead atoms. The van der Waals surface area contributed by atoms with Crippen LogP contribution in [0.25, 0.3) is 11.4 Å². The first kappa shape index (κ1) is 19.8. The first-order valence-electron chi connectivity index (χ1n) is 9.47. The van der Waals surface area contributed by atoms with E-state index in [1.54, 1.807) is 6.20 Å². The Balaban J connectivity index is 1.58. The van der Waals surface area contributed by atoms with Gasteiger partial charge in [-0.25, -0.2) is 0 Å². The Hall–Kier alpha value is -1.98. The molecule has 0 spiro atoms. The minimum atomic E-state index is -0.205. The fourth-order valence-corrected chi connectivity index (χ4v) is 3.60. The third-order valence-corrected chi connectivity index (χ3v) is 4.81. The van der Waals surface area contributed by atoms with E-state index in [4.69, 9.17) is 16.6 Å². The summed E-state index contributed by atoms with van der Waals surface area (Å²) in [7, 11) is 0. The molecule has 0 saturated heterocycles. The smallest absolute Gasteiger partial charge is 0.234 e. The van der Waals surface area contributed by atoms with Crippen LogP contribution in [-0.4, -0.2) is 34.5 Å². The van der Waals surface area contributed by atoms with Crippen molar-refractivity contribution in [3.05, 3.63) is 46.2 Å². The Bertz CT molecular complexity index is 829. The maximum Gasteiger partial charge on any atom is 0.234 e. The van der Waals surface area contributed by atoms with Gasteiger partial charge in [-0.1, -0.05) is 11.6 Å². The van der Waals surface area contributed by atoms with Crippen LogP contribution >= 0.6 is 11.6 Å². The highest BCUT2D eigenvalue weighted by molar-refractivity contribution is 6.31. The summed E-state index contributed by atoms with van der Waals surface area (Å²) in [6, 6.07) is 5.97. The molecule has 2 aromatic rings. The molecule has 0 aromatic carbocycles. The minimum absolute atomic E-state index is 0.00917. The van der Waals surface area contributed by atoms with E-state index in [9.17, 15) is 4.79 Å². The number of aryl methyl sites for hydroxylation is 1. The fraction of sp³-hybridized carbons (Fsp3) is 0.476. The van der Waals surface area contributed by atoms with Crippen LogP contribution in [0.2, 0.25) is 5.02 Å². The van der Waals surface area contributed by atoms with Crippen LogP contribution in [-0.2, 0) is 24.1 Å². The van der Waals surface area contributed by atoms with Crippen LogP contribution in [0.15, 0.2) is 24.4 Å². The molecule has 0 saturated carbocycles. The van der Waals surface area contributed by atoms with Crippen molar-refractivity contribution in [1.29, 1.82) is 0 Å². The lowest BCUT2D eigenvalue weighted by Gasteiger charge is -2.20. The molecule has 2 N–H and O–H groups in total. The number of rotatable bonds is 6. The zero-order chi connectivity index (χ0) is 19.4. The lowest BCUT2D eigenvalue weighted by molar-refractivity contribution is -0.121. The Morgan fingerprint density at radius 2 is 2.04 bits per heavy atom. The number of halogens is 1. The summed E-state index contributed by atoms with van der Waals surface area (Å²) < 4.78 is 0.